The highest BCUT2D eigenvalue weighted by Gasteiger charge is 2.18. The third-order valence-corrected chi connectivity index (χ3v) is 5.79. The number of aryl methyl sites for hydroxylation is 1. The zero-order chi connectivity index (χ0) is 20.6. The molecular formula is C23H24N2O2S2. The zero-order valence-electron chi connectivity index (χ0n) is 16.5. The van der Waals surface area contributed by atoms with Crippen molar-refractivity contribution in [2.24, 2.45) is 0 Å². The topological polar surface area (TPSA) is 50.4 Å². The van der Waals surface area contributed by atoms with E-state index in [1.165, 1.54) is 24.0 Å². The number of hydrogen-bond acceptors (Lipinski definition) is 4. The molecule has 0 aliphatic carbocycles. The van der Waals surface area contributed by atoms with E-state index in [1.54, 1.807) is 0 Å². The number of nitrogens with one attached hydrogen (secondary N) is 2. The molecule has 0 fully saturated rings. The van der Waals surface area contributed by atoms with Crippen LogP contribution in [0.4, 0.5) is 10.7 Å². The number of carbonyl (C=O) groups is 1. The predicted octanol–water partition coefficient (Wildman–Crippen LogP) is 6.35. The fourth-order valence-corrected chi connectivity index (χ4v) is 4.31. The molecular weight excluding hydrogens is 400 g/mol. The summed E-state index contributed by atoms with van der Waals surface area (Å²) in [7, 11) is 1.38. The van der Waals surface area contributed by atoms with Crippen LogP contribution in [0.15, 0.2) is 60.7 Å². The standard InChI is InChI=1S/C23H24N2O2S2/c1-3-4-10-16-11-8-9-14-19(16)24-23(28)25-21-18(22(26)27-2)15-20(29-21)17-12-6-5-7-13-17/h5-9,11-15H,3-4,10H2,1-2H3,(H2,24,25,28). The number of methoxy groups -OCH3 is 1. The van der Waals surface area contributed by atoms with Gasteiger partial charge in [-0.3, -0.25) is 0 Å². The van der Waals surface area contributed by atoms with Crippen molar-refractivity contribution in [3.05, 3.63) is 71.8 Å². The summed E-state index contributed by atoms with van der Waals surface area (Å²) in [4.78, 5) is 13.2. The van der Waals surface area contributed by atoms with E-state index >= 15 is 0 Å². The first-order chi connectivity index (χ1) is 14.1. The van der Waals surface area contributed by atoms with Gasteiger partial charge < -0.3 is 15.4 Å². The lowest BCUT2D eigenvalue weighted by molar-refractivity contribution is 0.0602. The first kappa shape index (κ1) is 21.0. The smallest absolute Gasteiger partial charge is 0.340 e. The highest BCUT2D eigenvalue weighted by molar-refractivity contribution is 7.80. The number of ether oxygens (including phenoxy) is 1. The van der Waals surface area contributed by atoms with Gasteiger partial charge in [-0.25, -0.2) is 4.79 Å². The normalized spacial score (nSPS) is 10.4. The summed E-state index contributed by atoms with van der Waals surface area (Å²) in [5, 5.41) is 7.57. The van der Waals surface area contributed by atoms with Crippen LogP contribution in [0.3, 0.4) is 0 Å². The minimum absolute atomic E-state index is 0.392. The molecule has 2 N–H and O–H groups in total. The maximum atomic E-state index is 12.3. The van der Waals surface area contributed by atoms with E-state index in [1.807, 2.05) is 54.6 Å². The molecule has 2 aromatic carbocycles. The van der Waals surface area contributed by atoms with E-state index in [0.29, 0.717) is 15.7 Å². The molecule has 0 atom stereocenters. The Morgan fingerprint density at radius 3 is 2.52 bits per heavy atom. The monoisotopic (exact) mass is 424 g/mol. The molecule has 4 nitrogen and oxygen atoms in total. The van der Waals surface area contributed by atoms with Gasteiger partial charge in [0.05, 0.1) is 12.7 Å². The molecule has 1 heterocycles. The Labute approximate surface area is 180 Å². The van der Waals surface area contributed by atoms with Gasteiger partial charge in [0.25, 0.3) is 0 Å². The van der Waals surface area contributed by atoms with Gasteiger partial charge in [-0.05, 0) is 48.3 Å². The third-order valence-electron chi connectivity index (χ3n) is 4.49. The van der Waals surface area contributed by atoms with Gasteiger partial charge in [0.2, 0.25) is 0 Å². The number of carbonyl (C=O) groups excluding carboxylic acids is 1. The van der Waals surface area contributed by atoms with Crippen molar-refractivity contribution < 1.29 is 9.53 Å². The number of para-hydroxylation sites is 1. The predicted molar refractivity (Wildman–Crippen MR) is 126 cm³/mol. The second-order valence-corrected chi connectivity index (χ2v) is 8.01. The summed E-state index contributed by atoms with van der Waals surface area (Å²) >= 11 is 7.00. The summed E-state index contributed by atoms with van der Waals surface area (Å²) in [6.45, 7) is 2.18. The molecule has 0 saturated carbocycles. The maximum absolute atomic E-state index is 12.3. The van der Waals surface area contributed by atoms with Gasteiger partial charge in [-0.15, -0.1) is 11.3 Å². The lowest BCUT2D eigenvalue weighted by atomic mass is 10.1. The lowest BCUT2D eigenvalue weighted by Crippen LogP contribution is -2.20. The van der Waals surface area contributed by atoms with E-state index in [4.69, 9.17) is 17.0 Å². The Kier molecular flexibility index (Phi) is 7.38. The summed E-state index contributed by atoms with van der Waals surface area (Å²) in [5.41, 5.74) is 3.72. The molecule has 0 aliphatic rings. The van der Waals surface area contributed by atoms with Crippen LogP contribution in [0.2, 0.25) is 0 Å². The molecule has 0 radical (unpaired) electrons. The van der Waals surface area contributed by atoms with Crippen LogP contribution >= 0.6 is 23.6 Å². The molecule has 1 aromatic heterocycles. The Hall–Kier alpha value is -2.70. The molecule has 0 amide bonds. The molecule has 0 unspecified atom stereocenters. The molecule has 3 rings (SSSR count). The summed E-state index contributed by atoms with van der Waals surface area (Å²) < 4.78 is 4.95. The molecule has 0 spiro atoms. The van der Waals surface area contributed by atoms with Gasteiger partial charge in [0, 0.05) is 10.6 Å². The number of thiophene rings is 1. The van der Waals surface area contributed by atoms with Gasteiger partial charge in [0.1, 0.15) is 5.00 Å². The molecule has 29 heavy (non-hydrogen) atoms. The lowest BCUT2D eigenvalue weighted by Gasteiger charge is -2.14. The van der Waals surface area contributed by atoms with Crippen LogP contribution in [-0.2, 0) is 11.2 Å². The highest BCUT2D eigenvalue weighted by Crippen LogP contribution is 2.36. The Morgan fingerprint density at radius 1 is 1.07 bits per heavy atom. The largest absolute Gasteiger partial charge is 0.465 e. The van der Waals surface area contributed by atoms with Crippen molar-refractivity contribution in [1.82, 2.24) is 0 Å². The SMILES string of the molecule is CCCCc1ccccc1NC(=S)Nc1sc(-c2ccccc2)cc1C(=O)OC. The minimum atomic E-state index is -0.392. The molecule has 6 heteroatoms. The van der Waals surface area contributed by atoms with Gasteiger partial charge in [0.15, 0.2) is 5.11 Å². The van der Waals surface area contributed by atoms with Crippen LogP contribution in [0, 0.1) is 0 Å². The van der Waals surface area contributed by atoms with E-state index in [9.17, 15) is 4.79 Å². The van der Waals surface area contributed by atoms with Crippen LogP contribution in [0.5, 0.6) is 0 Å². The first-order valence-electron chi connectivity index (χ1n) is 9.55. The van der Waals surface area contributed by atoms with E-state index in [0.717, 1.165) is 35.4 Å². The van der Waals surface area contributed by atoms with Crippen molar-refractivity contribution in [1.29, 1.82) is 0 Å². The second kappa shape index (κ2) is 10.2. The van der Waals surface area contributed by atoms with Crippen molar-refractivity contribution >= 4 is 45.3 Å². The Bertz CT molecular complexity index is 984. The second-order valence-electron chi connectivity index (χ2n) is 6.55. The quantitative estimate of drug-likeness (QED) is 0.342. The number of rotatable bonds is 7. The van der Waals surface area contributed by atoms with Crippen LogP contribution in [0.1, 0.15) is 35.7 Å². The van der Waals surface area contributed by atoms with Crippen molar-refractivity contribution in [3.8, 4) is 10.4 Å². The molecule has 0 saturated heterocycles. The maximum Gasteiger partial charge on any atom is 0.340 e. The number of esters is 1. The molecule has 0 aliphatic heterocycles. The number of thiocarbonyl (C=S) groups is 1. The van der Waals surface area contributed by atoms with Gasteiger partial charge in [-0.1, -0.05) is 61.9 Å². The average Bonchev–Trinajstić information content (AvgIpc) is 3.16. The van der Waals surface area contributed by atoms with E-state index < -0.39 is 5.97 Å². The summed E-state index contributed by atoms with van der Waals surface area (Å²) in [6.07, 6.45) is 3.25. The zero-order valence-corrected chi connectivity index (χ0v) is 18.2. The van der Waals surface area contributed by atoms with E-state index in [2.05, 4.69) is 23.6 Å². The van der Waals surface area contributed by atoms with Crippen molar-refractivity contribution in [3.63, 3.8) is 0 Å². The Balaban J connectivity index is 1.81. The molecule has 150 valence electrons. The van der Waals surface area contributed by atoms with E-state index in [-0.39, 0.29) is 0 Å². The average molecular weight is 425 g/mol. The summed E-state index contributed by atoms with van der Waals surface area (Å²) in [6, 6.07) is 19.9. The fraction of sp³-hybridized carbons (Fsp3) is 0.217. The Morgan fingerprint density at radius 2 is 1.79 bits per heavy atom. The number of unbranched alkanes of at least 4 members (excludes halogenated alkanes) is 1. The van der Waals surface area contributed by atoms with Gasteiger partial charge in [-0.2, -0.15) is 0 Å². The third kappa shape index (κ3) is 5.43. The number of benzene rings is 2. The van der Waals surface area contributed by atoms with Crippen LogP contribution in [0.25, 0.3) is 10.4 Å². The van der Waals surface area contributed by atoms with Crippen LogP contribution in [-0.4, -0.2) is 18.2 Å². The van der Waals surface area contributed by atoms with Crippen molar-refractivity contribution in [2.75, 3.05) is 17.7 Å². The minimum Gasteiger partial charge on any atom is -0.465 e. The van der Waals surface area contributed by atoms with Crippen molar-refractivity contribution in [2.45, 2.75) is 26.2 Å². The number of hydrogen-bond donors (Lipinski definition) is 2. The highest BCUT2D eigenvalue weighted by atomic mass is 32.1. The fourth-order valence-electron chi connectivity index (χ4n) is 2.97. The summed E-state index contributed by atoms with van der Waals surface area (Å²) in [5.74, 6) is -0.392. The van der Waals surface area contributed by atoms with Gasteiger partial charge >= 0.3 is 5.97 Å². The number of anilines is 2. The first-order valence-corrected chi connectivity index (χ1v) is 10.8. The van der Waals surface area contributed by atoms with Crippen LogP contribution < -0.4 is 10.6 Å². The molecule has 0 bridgehead atoms. The molecule has 3 aromatic rings.